The molecular weight excluding hydrogens is 164 g/mol. The topological polar surface area (TPSA) is 55.1 Å². The minimum absolute atomic E-state index is 0.0315. The molecule has 0 rings (SSSR count). The van der Waals surface area contributed by atoms with Gasteiger partial charge in [0.1, 0.15) is 0 Å². The summed E-state index contributed by atoms with van der Waals surface area (Å²) in [4.78, 5) is 11.4. The van der Waals surface area contributed by atoms with E-state index < -0.39 is 0 Å². The molecule has 0 radical (unpaired) electrons. The average Bonchev–Trinajstić information content (AvgIpc) is 2.03. The predicted octanol–water partition coefficient (Wildman–Crippen LogP) is 1.27. The molecule has 0 aromatic rings. The largest absolute Gasteiger partial charge is 0.352 e. The molecule has 13 heavy (non-hydrogen) atoms. The first kappa shape index (κ1) is 12.4. The van der Waals surface area contributed by atoms with Gasteiger partial charge in [-0.3, -0.25) is 4.79 Å². The maximum absolute atomic E-state index is 11.4. The summed E-state index contributed by atoms with van der Waals surface area (Å²) in [5.41, 5.74) is 5.69. The van der Waals surface area contributed by atoms with Gasteiger partial charge >= 0.3 is 0 Å². The fourth-order valence-corrected chi connectivity index (χ4v) is 1.15. The van der Waals surface area contributed by atoms with Crippen molar-refractivity contribution in [2.45, 2.75) is 52.6 Å². The highest BCUT2D eigenvalue weighted by atomic mass is 16.2. The lowest BCUT2D eigenvalue weighted by atomic mass is 10.0. The molecule has 0 aliphatic heterocycles. The highest BCUT2D eigenvalue weighted by Gasteiger charge is 2.18. The highest BCUT2D eigenvalue weighted by Crippen LogP contribution is 2.00. The number of nitrogens with two attached hydrogens (primary N) is 1. The number of carbonyl (C=O) groups is 1. The van der Waals surface area contributed by atoms with Crippen LogP contribution in [0.4, 0.5) is 0 Å². The normalized spacial score (nSPS) is 15.5. The second-order valence-electron chi connectivity index (χ2n) is 3.97. The van der Waals surface area contributed by atoms with E-state index in [0.29, 0.717) is 0 Å². The molecule has 0 fully saturated rings. The third-order valence-electron chi connectivity index (χ3n) is 2.13. The molecule has 0 saturated carbocycles. The molecule has 2 atom stereocenters. The maximum atomic E-state index is 11.4. The average molecular weight is 186 g/mol. The van der Waals surface area contributed by atoms with Crippen LogP contribution in [0.5, 0.6) is 0 Å². The van der Waals surface area contributed by atoms with Gasteiger partial charge in [0, 0.05) is 6.04 Å². The molecule has 1 unspecified atom stereocenters. The first-order valence-corrected chi connectivity index (χ1v) is 5.05. The SMILES string of the molecule is CCCC(C)NC(=O)[C@@H](N)C(C)C. The number of hydrogen-bond donors (Lipinski definition) is 2. The van der Waals surface area contributed by atoms with Crippen LogP contribution >= 0.6 is 0 Å². The molecule has 0 bridgehead atoms. The Morgan fingerprint density at radius 2 is 1.92 bits per heavy atom. The zero-order chi connectivity index (χ0) is 10.4. The number of carbonyl (C=O) groups excluding carboxylic acids is 1. The van der Waals surface area contributed by atoms with Crippen molar-refractivity contribution < 1.29 is 4.79 Å². The molecule has 0 spiro atoms. The predicted molar refractivity (Wildman–Crippen MR) is 55.3 cm³/mol. The first-order valence-electron chi connectivity index (χ1n) is 5.05. The molecule has 3 N–H and O–H groups in total. The minimum Gasteiger partial charge on any atom is -0.352 e. The van der Waals surface area contributed by atoms with E-state index >= 15 is 0 Å². The molecule has 0 aromatic carbocycles. The Hall–Kier alpha value is -0.570. The molecule has 78 valence electrons. The van der Waals surface area contributed by atoms with E-state index in [1.807, 2.05) is 20.8 Å². The molecule has 3 heteroatoms. The van der Waals surface area contributed by atoms with E-state index in [-0.39, 0.29) is 23.9 Å². The van der Waals surface area contributed by atoms with E-state index in [1.165, 1.54) is 0 Å². The molecule has 0 aliphatic carbocycles. The summed E-state index contributed by atoms with van der Waals surface area (Å²) in [6, 6.07) is -0.137. The van der Waals surface area contributed by atoms with Gasteiger partial charge in [-0.25, -0.2) is 0 Å². The fraction of sp³-hybridized carbons (Fsp3) is 0.900. The molecule has 3 nitrogen and oxygen atoms in total. The molecule has 0 heterocycles. The molecular formula is C10H22N2O. The van der Waals surface area contributed by atoms with Gasteiger partial charge in [0.05, 0.1) is 6.04 Å². The van der Waals surface area contributed by atoms with Crippen molar-refractivity contribution in [3.63, 3.8) is 0 Å². The Kier molecular flexibility index (Phi) is 5.71. The Balaban J connectivity index is 3.85. The van der Waals surface area contributed by atoms with E-state index in [0.717, 1.165) is 12.8 Å². The second-order valence-corrected chi connectivity index (χ2v) is 3.97. The Morgan fingerprint density at radius 3 is 2.31 bits per heavy atom. The van der Waals surface area contributed by atoms with Crippen LogP contribution in [-0.2, 0) is 4.79 Å². The van der Waals surface area contributed by atoms with Crippen LogP contribution in [0.1, 0.15) is 40.5 Å². The minimum atomic E-state index is -0.376. The van der Waals surface area contributed by atoms with Gasteiger partial charge in [-0.05, 0) is 19.3 Å². The van der Waals surface area contributed by atoms with Crippen LogP contribution in [-0.4, -0.2) is 18.0 Å². The molecule has 1 amide bonds. The molecule has 0 aliphatic rings. The smallest absolute Gasteiger partial charge is 0.237 e. The summed E-state index contributed by atoms with van der Waals surface area (Å²) in [7, 11) is 0. The van der Waals surface area contributed by atoms with Gasteiger partial charge in [-0.2, -0.15) is 0 Å². The quantitative estimate of drug-likeness (QED) is 0.679. The van der Waals surface area contributed by atoms with Crippen LogP contribution in [0.15, 0.2) is 0 Å². The number of nitrogens with one attached hydrogen (secondary N) is 1. The molecule has 0 aromatic heterocycles. The van der Waals surface area contributed by atoms with Crippen molar-refractivity contribution in [1.82, 2.24) is 5.32 Å². The van der Waals surface area contributed by atoms with Gasteiger partial charge < -0.3 is 11.1 Å². The lowest BCUT2D eigenvalue weighted by molar-refractivity contribution is -0.123. The van der Waals surface area contributed by atoms with Crippen molar-refractivity contribution >= 4 is 5.91 Å². The van der Waals surface area contributed by atoms with Crippen LogP contribution in [0.2, 0.25) is 0 Å². The van der Waals surface area contributed by atoms with E-state index in [1.54, 1.807) is 0 Å². The van der Waals surface area contributed by atoms with Gasteiger partial charge in [-0.15, -0.1) is 0 Å². The van der Waals surface area contributed by atoms with E-state index in [2.05, 4.69) is 12.2 Å². The van der Waals surface area contributed by atoms with Gasteiger partial charge in [-0.1, -0.05) is 27.2 Å². The third kappa shape index (κ3) is 4.88. The van der Waals surface area contributed by atoms with Crippen LogP contribution in [0.3, 0.4) is 0 Å². The standard InChI is InChI=1S/C10H22N2O/c1-5-6-8(4)12-10(13)9(11)7(2)3/h7-9H,5-6,11H2,1-4H3,(H,12,13)/t8?,9-/m0/s1. The zero-order valence-corrected chi connectivity index (χ0v) is 9.13. The van der Waals surface area contributed by atoms with Crippen LogP contribution in [0.25, 0.3) is 0 Å². The van der Waals surface area contributed by atoms with Gasteiger partial charge in [0.25, 0.3) is 0 Å². The monoisotopic (exact) mass is 186 g/mol. The summed E-state index contributed by atoms with van der Waals surface area (Å²) in [6.45, 7) is 8.02. The van der Waals surface area contributed by atoms with Crippen LogP contribution < -0.4 is 11.1 Å². The Labute approximate surface area is 81.1 Å². The van der Waals surface area contributed by atoms with Crippen molar-refractivity contribution in [3.05, 3.63) is 0 Å². The summed E-state index contributed by atoms with van der Waals surface area (Å²) < 4.78 is 0. The summed E-state index contributed by atoms with van der Waals surface area (Å²) >= 11 is 0. The summed E-state index contributed by atoms with van der Waals surface area (Å²) in [5.74, 6) is 0.171. The number of hydrogen-bond acceptors (Lipinski definition) is 2. The van der Waals surface area contributed by atoms with Crippen LogP contribution in [0, 0.1) is 5.92 Å². The van der Waals surface area contributed by atoms with Crippen molar-refractivity contribution in [2.24, 2.45) is 11.7 Å². The maximum Gasteiger partial charge on any atom is 0.237 e. The fourth-order valence-electron chi connectivity index (χ4n) is 1.15. The number of amides is 1. The van der Waals surface area contributed by atoms with E-state index in [4.69, 9.17) is 5.73 Å². The van der Waals surface area contributed by atoms with Crippen molar-refractivity contribution in [1.29, 1.82) is 0 Å². The van der Waals surface area contributed by atoms with Crippen molar-refractivity contribution in [3.8, 4) is 0 Å². The van der Waals surface area contributed by atoms with Crippen molar-refractivity contribution in [2.75, 3.05) is 0 Å². The lowest BCUT2D eigenvalue weighted by Gasteiger charge is -2.19. The third-order valence-corrected chi connectivity index (χ3v) is 2.13. The zero-order valence-electron chi connectivity index (χ0n) is 9.13. The van der Waals surface area contributed by atoms with E-state index in [9.17, 15) is 4.79 Å². The summed E-state index contributed by atoms with van der Waals surface area (Å²) in [5, 5.41) is 2.90. The van der Waals surface area contributed by atoms with Gasteiger partial charge in [0.15, 0.2) is 0 Å². The second kappa shape index (κ2) is 5.97. The highest BCUT2D eigenvalue weighted by molar-refractivity contribution is 5.81. The number of rotatable bonds is 5. The Bertz CT molecular complexity index is 157. The Morgan fingerprint density at radius 1 is 1.38 bits per heavy atom. The van der Waals surface area contributed by atoms with Gasteiger partial charge in [0.2, 0.25) is 5.91 Å². The molecule has 0 saturated heterocycles. The lowest BCUT2D eigenvalue weighted by Crippen LogP contribution is -2.46. The first-order chi connectivity index (χ1) is 5.99. The summed E-state index contributed by atoms with van der Waals surface area (Å²) in [6.07, 6.45) is 2.09.